The Morgan fingerprint density at radius 2 is 1.03 bits per heavy atom. The van der Waals surface area contributed by atoms with E-state index in [1.54, 1.807) is 45.0 Å². The van der Waals surface area contributed by atoms with Crippen LogP contribution < -0.4 is 11.1 Å². The van der Waals surface area contributed by atoms with Crippen LogP contribution in [-0.4, -0.2) is 136 Å². The van der Waals surface area contributed by atoms with Gasteiger partial charge in [0.05, 0.1) is 22.5 Å². The molecular formula is C58H87Cl3F2N6O8. The predicted molar refractivity (Wildman–Crippen MR) is 299 cm³/mol. The number of alkyl halides is 2. The zero-order valence-corrected chi connectivity index (χ0v) is 49.0. The van der Waals surface area contributed by atoms with E-state index in [1.807, 2.05) is 33.4 Å². The molecule has 0 spiro atoms. The van der Waals surface area contributed by atoms with Gasteiger partial charge in [-0.05, 0) is 164 Å². The minimum Gasteiger partial charge on any atom is -0.447 e. The molecule has 6 aliphatic rings. The molecule has 4 heterocycles. The maximum atomic E-state index is 13.9. The Labute approximate surface area is 472 Å². The molecule has 6 fully saturated rings. The van der Waals surface area contributed by atoms with Gasteiger partial charge >= 0.3 is 18.3 Å². The van der Waals surface area contributed by atoms with Crippen LogP contribution in [0.5, 0.6) is 0 Å². The minimum atomic E-state index is -0.838. The number of likely N-dealkylation sites (tertiary alicyclic amines) is 2. The molecule has 14 nitrogen and oxygen atoms in total. The van der Waals surface area contributed by atoms with E-state index in [9.17, 15) is 32.8 Å². The van der Waals surface area contributed by atoms with Crippen LogP contribution in [0.4, 0.5) is 23.2 Å². The van der Waals surface area contributed by atoms with Crippen molar-refractivity contribution in [1.29, 1.82) is 0 Å². The molecule has 4 saturated heterocycles. The molecule has 0 aromatic heterocycles. The number of cyclic esters (lactones) is 2. The molecule has 2 aliphatic carbocycles. The molecule has 8 rings (SSSR count). The first-order chi connectivity index (χ1) is 35.9. The van der Waals surface area contributed by atoms with E-state index >= 15 is 0 Å². The van der Waals surface area contributed by atoms with Crippen molar-refractivity contribution in [3.8, 4) is 0 Å². The highest BCUT2D eigenvalue weighted by atomic mass is 35.5. The predicted octanol–water partition coefficient (Wildman–Crippen LogP) is 11.6. The summed E-state index contributed by atoms with van der Waals surface area (Å²) in [6.45, 7) is 18.1. The molecule has 432 valence electrons. The van der Waals surface area contributed by atoms with Crippen molar-refractivity contribution < 1.29 is 47.0 Å². The van der Waals surface area contributed by atoms with E-state index in [0.717, 1.165) is 49.7 Å². The topological polar surface area (TPSA) is 164 Å². The number of ether oxygens (including phenoxy) is 3. The monoisotopic (exact) mass is 1140 g/mol. The standard InChI is InChI=1S/C31H46FN3O5.C26H38FN3O3.CH2Cl2.ClH/c1-29(2,3)40-27(37)33-25(19-22-11-13-24(32)14-12-22)26(36)34-17-15-31(16-18-34,23-9-7-6-8-10-23)20-35-28(38)39-21-30(35,4)5;1-25(2)18-33-24(32)30(25)17-26(20-6-4-3-5-7-20)12-14-29(15-13-26)23(31)22(28)16-19-8-10-21(27)11-9-19;2-1-3;/h11-14,23,25H,6-10,15-21H2,1-5H3,(H,33,37);8-11,20,22H,3-7,12-18,28H2,1-2H3;1H2;1H/t25-;22-;;/m11../s1. The number of rotatable bonds is 13. The average Bonchev–Trinajstić information content (AvgIpc) is 3.84. The molecule has 19 heteroatoms. The highest BCUT2D eigenvalue weighted by Crippen LogP contribution is 2.49. The fourth-order valence-electron chi connectivity index (χ4n) is 12.6. The molecule has 2 atom stereocenters. The molecule has 2 aromatic rings. The second-order valence-corrected chi connectivity index (χ2v) is 25.3. The lowest BCUT2D eigenvalue weighted by Gasteiger charge is -2.50. The number of nitrogens with zero attached hydrogens (tertiary/aromatic N) is 4. The molecular weight excluding hydrogens is 1050 g/mol. The highest BCUT2D eigenvalue weighted by Gasteiger charge is 2.51. The summed E-state index contributed by atoms with van der Waals surface area (Å²) < 4.78 is 43.0. The van der Waals surface area contributed by atoms with E-state index in [0.29, 0.717) is 70.7 Å². The summed E-state index contributed by atoms with van der Waals surface area (Å²) in [7, 11) is 0. The first kappa shape index (κ1) is 63.7. The number of nitrogens with two attached hydrogens (primary N) is 1. The van der Waals surface area contributed by atoms with Crippen LogP contribution in [0.15, 0.2) is 48.5 Å². The van der Waals surface area contributed by atoms with Gasteiger partial charge in [0.1, 0.15) is 36.5 Å². The van der Waals surface area contributed by atoms with Gasteiger partial charge in [0.25, 0.3) is 0 Å². The number of halogens is 5. The fourth-order valence-corrected chi connectivity index (χ4v) is 12.6. The third-order valence-electron chi connectivity index (χ3n) is 17.1. The van der Waals surface area contributed by atoms with Crippen LogP contribution in [0, 0.1) is 34.3 Å². The number of benzene rings is 2. The number of alkyl carbamates (subject to hydrolysis) is 1. The second-order valence-electron chi connectivity index (χ2n) is 24.5. The molecule has 0 bridgehead atoms. The summed E-state index contributed by atoms with van der Waals surface area (Å²) in [5.41, 5.74) is 6.44. The summed E-state index contributed by atoms with van der Waals surface area (Å²) in [5, 5.41) is 2.97. The Kier molecular flexibility index (Phi) is 23.0. The third-order valence-corrected chi connectivity index (χ3v) is 17.1. The Balaban J connectivity index is 0.000000271. The van der Waals surface area contributed by atoms with Crippen LogP contribution in [0.2, 0.25) is 0 Å². The van der Waals surface area contributed by atoms with Gasteiger partial charge in [0.15, 0.2) is 0 Å². The minimum absolute atomic E-state index is 0. The van der Waals surface area contributed by atoms with E-state index in [4.69, 9.17) is 43.1 Å². The SMILES string of the molecule is CC(C)(C)OC(=O)N[C@H](Cc1ccc(F)cc1)C(=O)N1CCC(CN2C(=O)OCC2(C)C)(C2CCCCC2)CC1.CC1(C)COC(=O)N1CC1(C2CCCCC2)CCN(C(=O)[C@H](N)Cc2ccc(F)cc2)CC1.Cl.ClCCl. The van der Waals surface area contributed by atoms with E-state index in [1.165, 1.54) is 75.6 Å². The molecule has 2 saturated carbocycles. The number of piperidine rings is 2. The Morgan fingerprint density at radius 1 is 0.662 bits per heavy atom. The van der Waals surface area contributed by atoms with Crippen LogP contribution >= 0.6 is 35.6 Å². The van der Waals surface area contributed by atoms with Crippen LogP contribution in [0.25, 0.3) is 0 Å². The number of hydrogen-bond acceptors (Lipinski definition) is 9. The molecule has 5 amide bonds. The summed E-state index contributed by atoms with van der Waals surface area (Å²) >= 11 is 9.53. The van der Waals surface area contributed by atoms with Crippen molar-refractivity contribution in [2.75, 3.05) is 57.8 Å². The maximum absolute atomic E-state index is 13.9. The van der Waals surface area contributed by atoms with Crippen molar-refractivity contribution in [2.24, 2.45) is 28.4 Å². The first-order valence-electron chi connectivity index (χ1n) is 27.7. The van der Waals surface area contributed by atoms with Gasteiger partial charge in [-0.3, -0.25) is 19.4 Å². The highest BCUT2D eigenvalue weighted by molar-refractivity contribution is 6.40. The summed E-state index contributed by atoms with van der Waals surface area (Å²) in [6, 6.07) is 10.7. The average molecular weight is 1140 g/mol. The Bertz CT molecular complexity index is 2240. The van der Waals surface area contributed by atoms with Crippen LogP contribution in [0.1, 0.15) is 149 Å². The fraction of sp³-hybridized carbons (Fsp3) is 0.707. The van der Waals surface area contributed by atoms with Gasteiger partial charge in [0.2, 0.25) is 11.8 Å². The molecule has 77 heavy (non-hydrogen) atoms. The summed E-state index contributed by atoms with van der Waals surface area (Å²) in [6.07, 6.45) is 14.9. The van der Waals surface area contributed by atoms with Gasteiger partial charge in [-0.25, -0.2) is 23.2 Å². The van der Waals surface area contributed by atoms with E-state index in [2.05, 4.69) is 19.2 Å². The number of carbonyl (C=O) groups excluding carboxylic acids is 5. The summed E-state index contributed by atoms with van der Waals surface area (Å²) in [5.74, 6) is 0.203. The first-order valence-corrected chi connectivity index (χ1v) is 28.8. The van der Waals surface area contributed by atoms with E-state index < -0.39 is 23.8 Å². The summed E-state index contributed by atoms with van der Waals surface area (Å²) in [4.78, 5) is 72.4. The second kappa shape index (κ2) is 27.8. The number of carbonyl (C=O) groups is 5. The van der Waals surface area contributed by atoms with Gasteiger partial charge < -0.3 is 35.1 Å². The lowest BCUT2D eigenvalue weighted by Crippen LogP contribution is -2.57. The van der Waals surface area contributed by atoms with Crippen LogP contribution in [-0.2, 0) is 36.6 Å². The Morgan fingerprint density at radius 3 is 1.38 bits per heavy atom. The number of nitrogens with one attached hydrogen (secondary N) is 1. The smallest absolute Gasteiger partial charge is 0.410 e. The molecule has 2 aromatic carbocycles. The lowest BCUT2D eigenvalue weighted by atomic mass is 9.63. The maximum Gasteiger partial charge on any atom is 0.410 e. The largest absolute Gasteiger partial charge is 0.447 e. The number of hydrogen-bond donors (Lipinski definition) is 2. The zero-order valence-electron chi connectivity index (χ0n) is 46.7. The van der Waals surface area contributed by atoms with Crippen molar-refractivity contribution in [3.63, 3.8) is 0 Å². The quantitative estimate of drug-likeness (QED) is 0.147. The van der Waals surface area contributed by atoms with Gasteiger partial charge in [-0.1, -0.05) is 62.8 Å². The van der Waals surface area contributed by atoms with Crippen molar-refractivity contribution in [1.82, 2.24) is 24.9 Å². The van der Waals surface area contributed by atoms with E-state index in [-0.39, 0.29) is 81.7 Å². The van der Waals surface area contributed by atoms with Crippen molar-refractivity contribution >= 4 is 65.7 Å². The lowest BCUT2D eigenvalue weighted by molar-refractivity contribution is -0.137. The Hall–Kier alpha value is -4.12. The number of amides is 5. The van der Waals surface area contributed by atoms with Gasteiger partial charge in [0, 0.05) is 45.7 Å². The van der Waals surface area contributed by atoms with Crippen LogP contribution in [0.3, 0.4) is 0 Å². The van der Waals surface area contributed by atoms with Crippen molar-refractivity contribution in [2.45, 2.75) is 180 Å². The molecule has 4 aliphatic heterocycles. The third kappa shape index (κ3) is 17.2. The van der Waals surface area contributed by atoms with Gasteiger partial charge in [-0.15, -0.1) is 35.6 Å². The molecule has 0 unspecified atom stereocenters. The van der Waals surface area contributed by atoms with Crippen molar-refractivity contribution in [3.05, 3.63) is 71.3 Å². The zero-order chi connectivity index (χ0) is 55.5. The normalized spacial score (nSPS) is 21.9. The van der Waals surface area contributed by atoms with Gasteiger partial charge in [-0.2, -0.15) is 0 Å². The molecule has 3 N–H and O–H groups in total. The molecule has 0 radical (unpaired) electrons.